The highest BCUT2D eigenvalue weighted by Gasteiger charge is 2.31. The first-order valence-electron chi connectivity index (χ1n) is 7.63. The van der Waals surface area contributed by atoms with Crippen LogP contribution in [0.1, 0.15) is 44.1 Å². The van der Waals surface area contributed by atoms with Gasteiger partial charge in [-0.15, -0.1) is 0 Å². The van der Waals surface area contributed by atoms with Crippen molar-refractivity contribution in [2.75, 3.05) is 18.9 Å². The molecule has 0 amide bonds. The van der Waals surface area contributed by atoms with E-state index in [0.717, 1.165) is 23.4 Å². The van der Waals surface area contributed by atoms with Crippen LogP contribution in [0.2, 0.25) is 5.02 Å². The second-order valence-electron chi connectivity index (χ2n) is 6.31. The summed E-state index contributed by atoms with van der Waals surface area (Å²) >= 11 is 10.0. The van der Waals surface area contributed by atoms with Crippen molar-refractivity contribution < 1.29 is 0 Å². The summed E-state index contributed by atoms with van der Waals surface area (Å²) < 4.78 is 0. The molecule has 3 heteroatoms. The van der Waals surface area contributed by atoms with E-state index in [2.05, 4.69) is 40.0 Å². The lowest BCUT2D eigenvalue weighted by atomic mass is 9.82. The first-order chi connectivity index (χ1) is 9.65. The second-order valence-corrected chi connectivity index (χ2v) is 7.28. The Bertz CT molecular complexity index is 413. The Morgan fingerprint density at radius 1 is 1.15 bits per heavy atom. The van der Waals surface area contributed by atoms with E-state index in [0.29, 0.717) is 5.41 Å². The Hall–Kier alpha value is -0.0500. The number of benzene rings is 1. The lowest BCUT2D eigenvalue weighted by Gasteiger charge is -2.35. The molecule has 0 bridgehead atoms. The predicted octanol–water partition coefficient (Wildman–Crippen LogP) is 5.51. The van der Waals surface area contributed by atoms with Crippen molar-refractivity contribution in [3.05, 3.63) is 34.9 Å². The maximum atomic E-state index is 6.27. The number of halogens is 2. The third-order valence-electron chi connectivity index (χ3n) is 4.45. The summed E-state index contributed by atoms with van der Waals surface area (Å²) in [5.74, 6) is 0. The van der Waals surface area contributed by atoms with Gasteiger partial charge < -0.3 is 4.90 Å². The van der Waals surface area contributed by atoms with E-state index in [1.807, 2.05) is 12.1 Å². The van der Waals surface area contributed by atoms with Crippen molar-refractivity contribution in [2.45, 2.75) is 45.1 Å². The number of hydrogen-bond donors (Lipinski definition) is 0. The van der Waals surface area contributed by atoms with Crippen molar-refractivity contribution in [1.82, 2.24) is 4.90 Å². The van der Waals surface area contributed by atoms with Crippen LogP contribution in [0.4, 0.5) is 0 Å². The highest BCUT2D eigenvalue weighted by molar-refractivity contribution is 9.09. The van der Waals surface area contributed by atoms with E-state index in [4.69, 9.17) is 11.6 Å². The fraction of sp³-hybridized carbons (Fsp3) is 0.647. The first-order valence-corrected chi connectivity index (χ1v) is 9.13. The zero-order chi connectivity index (χ0) is 14.4. The highest BCUT2D eigenvalue weighted by Crippen LogP contribution is 2.37. The van der Waals surface area contributed by atoms with Crippen molar-refractivity contribution in [3.8, 4) is 0 Å². The van der Waals surface area contributed by atoms with Gasteiger partial charge in [0.1, 0.15) is 0 Å². The second kappa shape index (κ2) is 7.82. The molecular weight excluding hydrogens is 334 g/mol. The molecule has 1 aromatic carbocycles. The van der Waals surface area contributed by atoms with Crippen LogP contribution >= 0.6 is 27.5 Å². The van der Waals surface area contributed by atoms with Crippen molar-refractivity contribution in [1.29, 1.82) is 0 Å². The first kappa shape index (κ1) is 16.3. The van der Waals surface area contributed by atoms with Gasteiger partial charge >= 0.3 is 0 Å². The summed E-state index contributed by atoms with van der Waals surface area (Å²) in [5, 5.41) is 2.00. The Labute approximate surface area is 136 Å². The molecule has 2 rings (SSSR count). The Morgan fingerprint density at radius 3 is 2.40 bits per heavy atom. The van der Waals surface area contributed by atoms with Crippen LogP contribution in [0.5, 0.6) is 0 Å². The summed E-state index contributed by atoms with van der Waals surface area (Å²) in [4.78, 5) is 2.44. The fourth-order valence-electron chi connectivity index (χ4n) is 3.36. The number of hydrogen-bond acceptors (Lipinski definition) is 1. The van der Waals surface area contributed by atoms with E-state index < -0.39 is 0 Å². The average Bonchev–Trinajstić information content (AvgIpc) is 2.67. The topological polar surface area (TPSA) is 3.24 Å². The van der Waals surface area contributed by atoms with Crippen molar-refractivity contribution >= 4 is 27.5 Å². The SMILES string of the molecule is CN(Cc1ccccc1Cl)CC1(CBr)CCCCCC1. The van der Waals surface area contributed by atoms with E-state index in [1.165, 1.54) is 44.1 Å². The van der Waals surface area contributed by atoms with Gasteiger partial charge in [-0.25, -0.2) is 0 Å². The third kappa shape index (κ3) is 4.47. The minimum atomic E-state index is 0.451. The lowest BCUT2D eigenvalue weighted by molar-refractivity contribution is 0.171. The van der Waals surface area contributed by atoms with E-state index in [9.17, 15) is 0 Å². The molecule has 1 aliphatic carbocycles. The summed E-state index contributed by atoms with van der Waals surface area (Å²) in [5.41, 5.74) is 1.68. The summed E-state index contributed by atoms with van der Waals surface area (Å²) in [6, 6.07) is 8.18. The molecule has 0 spiro atoms. The molecule has 1 nitrogen and oxygen atoms in total. The van der Waals surface area contributed by atoms with Gasteiger partial charge in [-0.05, 0) is 36.9 Å². The third-order valence-corrected chi connectivity index (χ3v) is 6.01. The Kier molecular flexibility index (Phi) is 6.38. The van der Waals surface area contributed by atoms with Crippen LogP contribution in [-0.2, 0) is 6.54 Å². The predicted molar refractivity (Wildman–Crippen MR) is 91.7 cm³/mol. The molecule has 0 unspecified atom stereocenters. The standard InChI is InChI=1S/C17H25BrClN/c1-20(12-15-8-4-5-9-16(15)19)14-17(13-18)10-6-2-3-7-11-17/h4-5,8-9H,2-3,6-7,10-14H2,1H3. The molecule has 112 valence electrons. The van der Waals surface area contributed by atoms with Gasteiger partial charge in [0.05, 0.1) is 0 Å². The molecule has 0 radical (unpaired) electrons. The molecule has 0 aliphatic heterocycles. The van der Waals surface area contributed by atoms with Crippen LogP contribution in [-0.4, -0.2) is 23.8 Å². The highest BCUT2D eigenvalue weighted by atomic mass is 79.9. The molecule has 0 N–H and O–H groups in total. The maximum Gasteiger partial charge on any atom is 0.0451 e. The van der Waals surface area contributed by atoms with E-state index in [1.54, 1.807) is 0 Å². The summed E-state index contributed by atoms with van der Waals surface area (Å²) in [6.45, 7) is 2.10. The average molecular weight is 359 g/mol. The van der Waals surface area contributed by atoms with Gasteiger partial charge in [0.15, 0.2) is 0 Å². The van der Waals surface area contributed by atoms with Gasteiger partial charge in [0, 0.05) is 23.4 Å². The molecule has 1 fully saturated rings. The largest absolute Gasteiger partial charge is 0.301 e. The van der Waals surface area contributed by atoms with Gasteiger partial charge in [-0.3, -0.25) is 0 Å². The quantitative estimate of drug-likeness (QED) is 0.495. The zero-order valence-electron chi connectivity index (χ0n) is 12.4. The maximum absolute atomic E-state index is 6.27. The molecular formula is C17H25BrClN. The van der Waals surface area contributed by atoms with E-state index >= 15 is 0 Å². The minimum absolute atomic E-state index is 0.451. The van der Waals surface area contributed by atoms with Crippen LogP contribution in [0, 0.1) is 5.41 Å². The van der Waals surface area contributed by atoms with Gasteiger partial charge in [0.2, 0.25) is 0 Å². The molecule has 0 aromatic heterocycles. The fourth-order valence-corrected chi connectivity index (χ4v) is 4.29. The number of rotatable bonds is 5. The van der Waals surface area contributed by atoms with Crippen LogP contribution in [0.15, 0.2) is 24.3 Å². The molecule has 1 aromatic rings. The van der Waals surface area contributed by atoms with Crippen molar-refractivity contribution in [2.24, 2.45) is 5.41 Å². The Morgan fingerprint density at radius 2 is 1.80 bits per heavy atom. The zero-order valence-corrected chi connectivity index (χ0v) is 14.7. The lowest BCUT2D eigenvalue weighted by Crippen LogP contribution is -2.36. The van der Waals surface area contributed by atoms with Crippen LogP contribution < -0.4 is 0 Å². The molecule has 0 saturated heterocycles. The van der Waals surface area contributed by atoms with E-state index in [-0.39, 0.29) is 0 Å². The molecule has 1 aliphatic rings. The molecule has 20 heavy (non-hydrogen) atoms. The smallest absolute Gasteiger partial charge is 0.0451 e. The number of alkyl halides is 1. The molecule has 0 atom stereocenters. The molecule has 1 saturated carbocycles. The van der Waals surface area contributed by atoms with Gasteiger partial charge in [0.25, 0.3) is 0 Å². The molecule has 0 heterocycles. The van der Waals surface area contributed by atoms with Gasteiger partial charge in [-0.2, -0.15) is 0 Å². The Balaban J connectivity index is 1.98. The van der Waals surface area contributed by atoms with Crippen LogP contribution in [0.25, 0.3) is 0 Å². The van der Waals surface area contributed by atoms with Gasteiger partial charge in [-0.1, -0.05) is 71.4 Å². The van der Waals surface area contributed by atoms with Crippen molar-refractivity contribution in [3.63, 3.8) is 0 Å². The number of nitrogens with zero attached hydrogens (tertiary/aromatic N) is 1. The normalized spacial score (nSPS) is 19.0. The monoisotopic (exact) mass is 357 g/mol. The summed E-state index contributed by atoms with van der Waals surface area (Å²) in [7, 11) is 2.22. The van der Waals surface area contributed by atoms with Crippen LogP contribution in [0.3, 0.4) is 0 Å². The minimum Gasteiger partial charge on any atom is -0.301 e. The summed E-state index contributed by atoms with van der Waals surface area (Å²) in [6.07, 6.45) is 8.28.